The van der Waals surface area contributed by atoms with Gasteiger partial charge in [0, 0.05) is 45.0 Å². The van der Waals surface area contributed by atoms with Crippen LogP contribution in [0.1, 0.15) is 29.0 Å². The molecule has 2 aliphatic rings. The predicted octanol–water partition coefficient (Wildman–Crippen LogP) is 12.6. The van der Waals surface area contributed by atoms with Crippen molar-refractivity contribution in [2.75, 3.05) is 0 Å². The van der Waals surface area contributed by atoms with E-state index in [2.05, 4.69) is 54.5 Å². The highest BCUT2D eigenvalue weighted by Gasteiger charge is 2.38. The third kappa shape index (κ3) is 4.89. The molecule has 1 aliphatic carbocycles. The summed E-state index contributed by atoms with van der Waals surface area (Å²) in [6, 6.07) is 40.4. The minimum Gasteiger partial charge on any atom is -0.422 e. The highest BCUT2D eigenvalue weighted by molar-refractivity contribution is 8.00. The molecule has 0 atom stereocenters. The molecule has 3 aromatic heterocycles. The van der Waals surface area contributed by atoms with Crippen LogP contribution in [0.3, 0.4) is 0 Å². The third-order valence-corrected chi connectivity index (χ3v) is 17.3. The van der Waals surface area contributed by atoms with Gasteiger partial charge >= 0.3 is 5.84 Å². The van der Waals surface area contributed by atoms with Gasteiger partial charge in [0.05, 0.1) is 22.2 Å². The summed E-state index contributed by atoms with van der Waals surface area (Å²) in [5.74, 6) is 0.259. The summed E-state index contributed by atoms with van der Waals surface area (Å²) >= 11 is 1.37. The van der Waals surface area contributed by atoms with Gasteiger partial charge in [-0.3, -0.25) is 4.40 Å². The van der Waals surface area contributed by atoms with Crippen molar-refractivity contribution in [3.63, 3.8) is 0 Å². The Kier molecular flexibility index (Phi) is 5.60. The molecule has 1 aliphatic heterocycles. The largest absolute Gasteiger partial charge is 0.422 e. The van der Waals surface area contributed by atoms with Crippen molar-refractivity contribution in [2.45, 2.75) is 43.4 Å². The number of rotatable bonds is 2. The SMILES string of the molecule is [2H]C([2H])([2H])c1cc2c(cc1-c1c(C([2H])([2H])[2H])ccc3c1oc1nc4ccccc4n13)[Si](C)(C)c1ccc(C([2H])([2H])[2H])c(-c3ccc4c(c3)-c3ccccc3-c3ncncc3-c3ccccc3-4)c1S2. The van der Waals surface area contributed by atoms with Crippen molar-refractivity contribution >= 4 is 58.2 Å². The Morgan fingerprint density at radius 2 is 1.32 bits per heavy atom. The van der Waals surface area contributed by atoms with Crippen molar-refractivity contribution < 1.29 is 16.8 Å². The highest BCUT2D eigenvalue weighted by Crippen LogP contribution is 2.50. The lowest BCUT2D eigenvalue weighted by atomic mass is 9.82. The van der Waals surface area contributed by atoms with Crippen LogP contribution in [0.4, 0.5) is 0 Å². The van der Waals surface area contributed by atoms with E-state index in [4.69, 9.17) is 26.7 Å². The highest BCUT2D eigenvalue weighted by atomic mass is 32.2. The lowest BCUT2D eigenvalue weighted by Crippen LogP contribution is -2.56. The number of benzene rings is 7. The summed E-state index contributed by atoms with van der Waals surface area (Å²) in [5.41, 5.74) is 11.5. The molecule has 282 valence electrons. The molecule has 0 spiro atoms. The molecule has 0 fully saturated rings. The maximum atomic E-state index is 8.98. The minimum atomic E-state index is -2.89. The Morgan fingerprint density at radius 1 is 0.610 bits per heavy atom. The van der Waals surface area contributed by atoms with Crippen LogP contribution in [0.2, 0.25) is 13.1 Å². The lowest BCUT2D eigenvalue weighted by molar-refractivity contribution is 0.644. The molecule has 0 saturated heterocycles. The molecule has 0 bridgehead atoms. The number of nitrogens with zero attached hydrogens (tertiary/aromatic N) is 4. The van der Waals surface area contributed by atoms with E-state index < -0.39 is 28.6 Å². The van der Waals surface area contributed by atoms with Crippen LogP contribution < -0.4 is 10.4 Å². The van der Waals surface area contributed by atoms with Crippen LogP contribution in [0, 0.1) is 20.6 Å². The third-order valence-electron chi connectivity index (χ3n) is 12.2. The Bertz CT molecular complexity index is 3790. The Balaban J connectivity index is 1.10. The van der Waals surface area contributed by atoms with Gasteiger partial charge < -0.3 is 4.42 Å². The zero-order valence-corrected chi connectivity index (χ0v) is 33.7. The number of imidazole rings is 1. The van der Waals surface area contributed by atoms with E-state index in [1.54, 1.807) is 24.5 Å². The van der Waals surface area contributed by atoms with Crippen LogP contribution in [-0.4, -0.2) is 27.4 Å². The predicted molar refractivity (Wildman–Crippen MR) is 246 cm³/mol. The number of oxazole rings is 1. The first-order chi connectivity index (χ1) is 32.4. The Hall–Kier alpha value is -6.54. The zero-order chi connectivity index (χ0) is 47.2. The monoisotopic (exact) mass is 803 g/mol. The van der Waals surface area contributed by atoms with Crippen molar-refractivity contribution in [1.82, 2.24) is 19.4 Å². The summed E-state index contributed by atoms with van der Waals surface area (Å²) in [6.45, 7) is -3.49. The summed E-state index contributed by atoms with van der Waals surface area (Å²) < 4.78 is 88.1. The second-order valence-corrected chi connectivity index (χ2v) is 21.2. The molecule has 4 heterocycles. The van der Waals surface area contributed by atoms with Crippen LogP contribution >= 0.6 is 11.8 Å². The van der Waals surface area contributed by atoms with Crippen molar-refractivity contribution in [2.24, 2.45) is 0 Å². The first-order valence-electron chi connectivity index (χ1n) is 23.9. The molecule has 59 heavy (non-hydrogen) atoms. The molecule has 0 unspecified atom stereocenters. The van der Waals surface area contributed by atoms with Gasteiger partial charge in [-0.1, -0.05) is 122 Å². The van der Waals surface area contributed by atoms with Gasteiger partial charge in [-0.2, -0.15) is 4.98 Å². The van der Waals surface area contributed by atoms with Gasteiger partial charge in [0.25, 0.3) is 0 Å². The molecular weight excluding hydrogens is 757 g/mol. The van der Waals surface area contributed by atoms with Crippen LogP contribution in [0.15, 0.2) is 154 Å². The minimum absolute atomic E-state index is 0.0382. The first kappa shape index (κ1) is 26.5. The maximum absolute atomic E-state index is 8.98. The van der Waals surface area contributed by atoms with E-state index >= 15 is 0 Å². The quantitative estimate of drug-likeness (QED) is 0.163. The van der Waals surface area contributed by atoms with Gasteiger partial charge in [-0.15, -0.1) is 0 Å². The molecule has 7 heteroatoms. The second kappa shape index (κ2) is 12.5. The molecule has 12 rings (SSSR count). The van der Waals surface area contributed by atoms with E-state index in [9.17, 15) is 0 Å². The first-order valence-corrected chi connectivity index (χ1v) is 23.2. The van der Waals surface area contributed by atoms with Gasteiger partial charge in [-0.25, -0.2) is 9.97 Å². The normalized spacial score (nSPS) is 16.5. The van der Waals surface area contributed by atoms with E-state index in [1.165, 1.54) is 17.8 Å². The van der Waals surface area contributed by atoms with Gasteiger partial charge in [0.15, 0.2) is 5.58 Å². The average Bonchev–Trinajstić information content (AvgIpc) is 3.86. The number of para-hydroxylation sites is 2. The molecule has 0 radical (unpaired) electrons. The standard InChI is InChI=1S/C52H38N4OSSi/c1-29-19-23-45-51(47(29)32-20-21-36-33-12-6-7-13-34(33)40-27-53-28-54-49(40)37-15-9-8-14-35(37)39(36)25-32)58-44-24-31(3)38(26-46(44)59(45,4)5)48-30(2)18-22-43-50(48)57-52-55-41-16-10-11-17-42(41)56(43)52/h6-28H,1-5H3/i1D3,2D3,3D3. The average molecular weight is 804 g/mol. The Morgan fingerprint density at radius 3 is 2.15 bits per heavy atom. The molecule has 0 amide bonds. The lowest BCUT2D eigenvalue weighted by Gasteiger charge is -2.35. The number of hydrogen-bond acceptors (Lipinski definition) is 5. The summed E-state index contributed by atoms with van der Waals surface area (Å²) in [4.78, 5) is 15.3. The Labute approximate surface area is 360 Å². The smallest absolute Gasteiger partial charge is 0.307 e. The van der Waals surface area contributed by atoms with Crippen LogP contribution in [0.25, 0.3) is 94.9 Å². The fraction of sp³-hybridized carbons (Fsp3) is 0.0962. The molecule has 7 aromatic carbocycles. The van der Waals surface area contributed by atoms with Gasteiger partial charge in [0.1, 0.15) is 14.4 Å². The molecule has 0 saturated carbocycles. The number of hydrogen-bond donors (Lipinski definition) is 0. The van der Waals surface area contributed by atoms with Crippen molar-refractivity contribution in [1.29, 1.82) is 0 Å². The van der Waals surface area contributed by atoms with Gasteiger partial charge in [-0.05, 0) is 122 Å². The molecule has 10 aromatic rings. The second-order valence-electron chi connectivity index (χ2n) is 15.8. The van der Waals surface area contributed by atoms with Crippen LogP contribution in [0.5, 0.6) is 0 Å². The summed E-state index contributed by atoms with van der Waals surface area (Å²) in [5, 5.41) is 1.87. The summed E-state index contributed by atoms with van der Waals surface area (Å²) in [7, 11) is -2.89. The van der Waals surface area contributed by atoms with E-state index in [-0.39, 0.29) is 39.2 Å². The molecule has 5 nitrogen and oxygen atoms in total. The van der Waals surface area contributed by atoms with Crippen molar-refractivity contribution in [3.05, 3.63) is 157 Å². The summed E-state index contributed by atoms with van der Waals surface area (Å²) in [6.07, 6.45) is 3.41. The number of aryl methyl sites for hydroxylation is 3. The van der Waals surface area contributed by atoms with E-state index in [0.29, 0.717) is 27.1 Å². The fourth-order valence-electron chi connectivity index (χ4n) is 9.37. The van der Waals surface area contributed by atoms with E-state index in [1.807, 2.05) is 77.3 Å². The zero-order valence-electron chi connectivity index (χ0n) is 40.9. The maximum Gasteiger partial charge on any atom is 0.307 e. The van der Waals surface area contributed by atoms with E-state index in [0.717, 1.165) is 65.4 Å². The molecule has 0 N–H and O–H groups in total. The van der Waals surface area contributed by atoms with Crippen LogP contribution in [-0.2, 0) is 0 Å². The number of aromatic nitrogens is 4. The van der Waals surface area contributed by atoms with Gasteiger partial charge in [0.2, 0.25) is 0 Å². The molecular formula is C52H38N4OSSi. The topological polar surface area (TPSA) is 56.2 Å². The van der Waals surface area contributed by atoms with Crippen molar-refractivity contribution in [3.8, 4) is 66.9 Å². The fourth-order valence-corrected chi connectivity index (χ4v) is 15.0. The number of fused-ring (bicyclic) bond motifs is 15.